The summed E-state index contributed by atoms with van der Waals surface area (Å²) in [4.78, 5) is 19.5. The highest BCUT2D eigenvalue weighted by molar-refractivity contribution is 6.00. The molecule has 3 heterocycles. The summed E-state index contributed by atoms with van der Waals surface area (Å²) < 4.78 is 1.78. The number of piperidine rings is 1. The molecule has 1 fully saturated rings. The van der Waals surface area contributed by atoms with E-state index in [1.54, 1.807) is 17.1 Å². The average molecular weight is 448 g/mol. The highest BCUT2D eigenvalue weighted by Gasteiger charge is 2.27. The lowest BCUT2D eigenvalue weighted by Crippen LogP contribution is -2.40. The zero-order valence-electron chi connectivity index (χ0n) is 16.9. The average Bonchev–Trinajstić information content (AvgIpc) is 3.21. The predicted octanol–water partition coefficient (Wildman–Crippen LogP) is 3.85. The Morgan fingerprint density at radius 1 is 1.10 bits per heavy atom. The molecule has 0 spiro atoms. The molecule has 160 valence electrons. The summed E-state index contributed by atoms with van der Waals surface area (Å²) in [6.07, 6.45) is 7.39. The maximum absolute atomic E-state index is 13.3. The minimum Gasteiger partial charge on any atom is -0.339 e. The van der Waals surface area contributed by atoms with Gasteiger partial charge in [-0.1, -0.05) is 18.2 Å². The van der Waals surface area contributed by atoms with Gasteiger partial charge >= 0.3 is 0 Å². The van der Waals surface area contributed by atoms with Crippen LogP contribution in [0.5, 0.6) is 0 Å². The van der Waals surface area contributed by atoms with E-state index in [1.165, 1.54) is 0 Å². The number of para-hydroxylation sites is 1. The highest BCUT2D eigenvalue weighted by atomic mass is 35.5. The van der Waals surface area contributed by atoms with Crippen LogP contribution in [0.25, 0.3) is 16.9 Å². The van der Waals surface area contributed by atoms with Crippen molar-refractivity contribution in [3.05, 3.63) is 66.6 Å². The molecule has 4 rings (SSSR count). The number of benzene rings is 1. The second-order valence-corrected chi connectivity index (χ2v) is 7.21. The van der Waals surface area contributed by atoms with Gasteiger partial charge in [-0.05, 0) is 56.6 Å². The van der Waals surface area contributed by atoms with E-state index < -0.39 is 0 Å². The van der Waals surface area contributed by atoms with Crippen LogP contribution in [-0.2, 0) is 0 Å². The number of pyridine rings is 1. The van der Waals surface area contributed by atoms with Crippen molar-refractivity contribution in [1.82, 2.24) is 25.0 Å². The molecule has 1 amide bonds. The Hall–Kier alpha value is -2.41. The van der Waals surface area contributed by atoms with Crippen LogP contribution in [0.15, 0.2) is 61.1 Å². The Morgan fingerprint density at radius 2 is 1.83 bits per heavy atom. The summed E-state index contributed by atoms with van der Waals surface area (Å²) in [6, 6.07) is 13.7. The monoisotopic (exact) mass is 447 g/mol. The number of halogens is 2. The molecule has 30 heavy (non-hydrogen) atoms. The second kappa shape index (κ2) is 11.1. The number of hydrogen-bond acceptors (Lipinski definition) is 4. The first-order valence-electron chi connectivity index (χ1n) is 9.75. The van der Waals surface area contributed by atoms with Gasteiger partial charge in [0.05, 0.1) is 11.3 Å². The van der Waals surface area contributed by atoms with Crippen LogP contribution in [0.4, 0.5) is 0 Å². The molecule has 1 saturated heterocycles. The van der Waals surface area contributed by atoms with E-state index >= 15 is 0 Å². The molecule has 1 N–H and O–H groups in total. The molecule has 2 aromatic heterocycles. The molecular weight excluding hydrogens is 421 g/mol. The van der Waals surface area contributed by atoms with Crippen molar-refractivity contribution < 1.29 is 4.79 Å². The van der Waals surface area contributed by atoms with Gasteiger partial charge in [0, 0.05) is 37.2 Å². The van der Waals surface area contributed by atoms with Crippen molar-refractivity contribution in [2.45, 2.75) is 12.8 Å². The van der Waals surface area contributed by atoms with Crippen LogP contribution in [0.2, 0.25) is 0 Å². The van der Waals surface area contributed by atoms with E-state index in [0.29, 0.717) is 17.2 Å². The number of hydrogen-bond donors (Lipinski definition) is 1. The van der Waals surface area contributed by atoms with Gasteiger partial charge in [0.2, 0.25) is 0 Å². The third-order valence-electron chi connectivity index (χ3n) is 5.29. The van der Waals surface area contributed by atoms with Gasteiger partial charge in [0.25, 0.3) is 5.91 Å². The van der Waals surface area contributed by atoms with Gasteiger partial charge in [0.1, 0.15) is 5.69 Å². The summed E-state index contributed by atoms with van der Waals surface area (Å²) in [7, 11) is 1.98. The van der Waals surface area contributed by atoms with Crippen LogP contribution in [0.1, 0.15) is 23.2 Å². The second-order valence-electron chi connectivity index (χ2n) is 7.21. The first-order chi connectivity index (χ1) is 13.8. The lowest BCUT2D eigenvalue weighted by Gasteiger charge is -2.31. The maximum Gasteiger partial charge on any atom is 0.257 e. The summed E-state index contributed by atoms with van der Waals surface area (Å²) >= 11 is 0. The van der Waals surface area contributed by atoms with Crippen molar-refractivity contribution in [2.75, 3.05) is 26.7 Å². The molecule has 3 aromatic rings. The Balaban J connectivity index is 0.00000160. The van der Waals surface area contributed by atoms with Gasteiger partial charge in [-0.15, -0.1) is 24.8 Å². The number of amides is 1. The van der Waals surface area contributed by atoms with E-state index in [9.17, 15) is 4.79 Å². The first-order valence-corrected chi connectivity index (χ1v) is 9.75. The Bertz CT molecular complexity index is 925. The third kappa shape index (κ3) is 5.19. The molecule has 0 aliphatic carbocycles. The standard InChI is InChI=1S/C22H25N5O.2ClH/c1-23-14-17-9-12-26(13-10-17)22(28)20-16-27(19-7-3-2-4-8-19)25-21(20)18-6-5-11-24-15-18;;/h2-8,11,15-17,23H,9-10,12-14H2,1H3;2*1H. The van der Waals surface area contributed by atoms with Gasteiger partial charge in [-0.2, -0.15) is 5.10 Å². The molecule has 0 saturated carbocycles. The zero-order chi connectivity index (χ0) is 19.3. The Labute approximate surface area is 189 Å². The minimum atomic E-state index is 0. The summed E-state index contributed by atoms with van der Waals surface area (Å²) in [5, 5.41) is 7.97. The van der Waals surface area contributed by atoms with Crippen molar-refractivity contribution in [3.63, 3.8) is 0 Å². The van der Waals surface area contributed by atoms with E-state index in [-0.39, 0.29) is 30.7 Å². The largest absolute Gasteiger partial charge is 0.339 e. The summed E-state index contributed by atoms with van der Waals surface area (Å²) in [6.45, 7) is 2.58. The fraction of sp³-hybridized carbons (Fsp3) is 0.318. The number of nitrogens with zero attached hydrogens (tertiary/aromatic N) is 4. The van der Waals surface area contributed by atoms with E-state index in [2.05, 4.69) is 10.3 Å². The number of rotatable bonds is 5. The Morgan fingerprint density at radius 3 is 2.47 bits per heavy atom. The molecule has 1 aliphatic heterocycles. The third-order valence-corrected chi connectivity index (χ3v) is 5.29. The van der Waals surface area contributed by atoms with Crippen LogP contribution in [0, 0.1) is 5.92 Å². The number of aromatic nitrogens is 3. The van der Waals surface area contributed by atoms with Gasteiger partial charge in [-0.25, -0.2) is 4.68 Å². The first kappa shape index (κ1) is 23.9. The summed E-state index contributed by atoms with van der Waals surface area (Å²) in [5.41, 5.74) is 3.09. The Kier molecular flexibility index (Phi) is 8.84. The number of likely N-dealkylation sites (tertiary alicyclic amines) is 1. The van der Waals surface area contributed by atoms with Crippen molar-refractivity contribution in [2.24, 2.45) is 5.92 Å². The highest BCUT2D eigenvalue weighted by Crippen LogP contribution is 2.26. The summed E-state index contributed by atoms with van der Waals surface area (Å²) in [5.74, 6) is 0.683. The molecule has 6 nitrogen and oxygen atoms in total. The predicted molar refractivity (Wildman–Crippen MR) is 124 cm³/mol. The lowest BCUT2D eigenvalue weighted by molar-refractivity contribution is 0.0691. The molecule has 0 unspecified atom stereocenters. The quantitative estimate of drug-likeness (QED) is 0.644. The van der Waals surface area contributed by atoms with Crippen LogP contribution in [-0.4, -0.2) is 52.3 Å². The molecule has 8 heteroatoms. The van der Waals surface area contributed by atoms with E-state index in [4.69, 9.17) is 5.10 Å². The molecule has 1 aliphatic rings. The molecule has 0 atom stereocenters. The number of carbonyl (C=O) groups excluding carboxylic acids is 1. The van der Waals surface area contributed by atoms with Gasteiger partial charge in [-0.3, -0.25) is 9.78 Å². The van der Waals surface area contributed by atoms with Gasteiger partial charge in [0.15, 0.2) is 0 Å². The molecular formula is C22H27Cl2N5O. The molecule has 0 radical (unpaired) electrons. The van der Waals surface area contributed by atoms with Gasteiger partial charge < -0.3 is 10.2 Å². The van der Waals surface area contributed by atoms with Crippen LogP contribution >= 0.6 is 24.8 Å². The minimum absolute atomic E-state index is 0. The number of carbonyl (C=O) groups is 1. The SMILES string of the molecule is CNCC1CCN(C(=O)c2cn(-c3ccccc3)nc2-c2cccnc2)CC1.Cl.Cl. The van der Waals surface area contributed by atoms with Crippen LogP contribution < -0.4 is 5.32 Å². The van der Waals surface area contributed by atoms with E-state index in [0.717, 1.165) is 43.7 Å². The van der Waals surface area contributed by atoms with Crippen molar-refractivity contribution >= 4 is 30.7 Å². The molecule has 0 bridgehead atoms. The van der Waals surface area contributed by atoms with Crippen molar-refractivity contribution in [3.8, 4) is 16.9 Å². The fourth-order valence-electron chi connectivity index (χ4n) is 3.76. The number of nitrogens with one attached hydrogen (secondary N) is 1. The lowest BCUT2D eigenvalue weighted by atomic mass is 9.96. The zero-order valence-corrected chi connectivity index (χ0v) is 18.5. The topological polar surface area (TPSA) is 63.1 Å². The smallest absolute Gasteiger partial charge is 0.257 e. The molecule has 1 aromatic carbocycles. The van der Waals surface area contributed by atoms with E-state index in [1.807, 2.05) is 60.6 Å². The van der Waals surface area contributed by atoms with Crippen molar-refractivity contribution in [1.29, 1.82) is 0 Å². The normalized spacial score (nSPS) is 14.0. The fourth-order valence-corrected chi connectivity index (χ4v) is 3.76. The maximum atomic E-state index is 13.3. The van der Waals surface area contributed by atoms with Crippen LogP contribution in [0.3, 0.4) is 0 Å².